The Balaban J connectivity index is 2.57. The summed E-state index contributed by atoms with van der Waals surface area (Å²) in [7, 11) is 0. The van der Waals surface area contributed by atoms with Gasteiger partial charge in [-0.25, -0.2) is 0 Å². The second-order valence-corrected chi connectivity index (χ2v) is 2.39. The second kappa shape index (κ2) is 2.26. The Bertz CT molecular complexity index is 348. The fourth-order valence-corrected chi connectivity index (χ4v) is 1.02. The topological polar surface area (TPSA) is 109 Å². The molecule has 0 amide bonds. The first kappa shape index (κ1) is 6.71. The van der Waals surface area contributed by atoms with Crippen LogP contribution in [0.25, 0.3) is 11.1 Å². The third-order valence-electron chi connectivity index (χ3n) is 1.63. The van der Waals surface area contributed by atoms with Gasteiger partial charge >= 0.3 is 0 Å². The summed E-state index contributed by atoms with van der Waals surface area (Å²) >= 11 is 0. The van der Waals surface area contributed by atoms with Crippen LogP contribution in [0.2, 0.25) is 0 Å². The van der Waals surface area contributed by atoms with Crippen molar-refractivity contribution >= 4 is 11.6 Å². The largest absolute Gasteiger partial charge is 0.384 e. The van der Waals surface area contributed by atoms with Gasteiger partial charge in [0, 0.05) is 11.1 Å². The van der Waals surface area contributed by atoms with Crippen LogP contribution >= 0.6 is 0 Å². The number of rotatable bonds is 1. The van der Waals surface area contributed by atoms with Gasteiger partial charge < -0.3 is 11.5 Å². The predicted molar refractivity (Wildman–Crippen MR) is 45.0 cm³/mol. The molecule has 12 heavy (non-hydrogen) atoms. The lowest BCUT2D eigenvalue weighted by Gasteiger charge is -1.94. The molecule has 6 N–H and O–H groups in total. The van der Waals surface area contributed by atoms with E-state index in [9.17, 15) is 0 Å². The first-order valence-corrected chi connectivity index (χ1v) is 3.37. The van der Waals surface area contributed by atoms with Crippen molar-refractivity contribution in [2.45, 2.75) is 0 Å². The van der Waals surface area contributed by atoms with E-state index in [0.29, 0.717) is 11.6 Å². The number of aromatic amines is 2. The molecule has 0 saturated heterocycles. The minimum absolute atomic E-state index is 0.489. The number of anilines is 2. The van der Waals surface area contributed by atoms with Crippen LogP contribution < -0.4 is 11.5 Å². The highest BCUT2D eigenvalue weighted by Crippen LogP contribution is 2.26. The van der Waals surface area contributed by atoms with Gasteiger partial charge in [0.05, 0.1) is 12.4 Å². The Kier molecular flexibility index (Phi) is 1.26. The quantitative estimate of drug-likeness (QED) is 0.474. The van der Waals surface area contributed by atoms with E-state index >= 15 is 0 Å². The van der Waals surface area contributed by atoms with Gasteiger partial charge in [-0.1, -0.05) is 0 Å². The molecular weight excluding hydrogens is 156 g/mol. The smallest absolute Gasteiger partial charge is 0.126 e. The average molecular weight is 164 g/mol. The van der Waals surface area contributed by atoms with Crippen molar-refractivity contribution in [3.8, 4) is 11.1 Å². The van der Waals surface area contributed by atoms with Gasteiger partial charge in [-0.3, -0.25) is 10.2 Å². The van der Waals surface area contributed by atoms with Crippen LogP contribution in [-0.2, 0) is 0 Å². The van der Waals surface area contributed by atoms with Crippen LogP contribution in [0.1, 0.15) is 0 Å². The maximum absolute atomic E-state index is 5.59. The van der Waals surface area contributed by atoms with E-state index in [-0.39, 0.29) is 0 Å². The number of nitrogens with zero attached hydrogens (tertiary/aromatic N) is 2. The number of hydrogen-bond acceptors (Lipinski definition) is 4. The van der Waals surface area contributed by atoms with Crippen LogP contribution in [0.4, 0.5) is 11.6 Å². The molecule has 0 saturated carbocycles. The highest BCUT2D eigenvalue weighted by atomic mass is 15.2. The molecule has 0 radical (unpaired) electrons. The second-order valence-electron chi connectivity index (χ2n) is 2.39. The molecule has 0 fully saturated rings. The summed E-state index contributed by atoms with van der Waals surface area (Å²) in [6.45, 7) is 0. The Morgan fingerprint density at radius 1 is 0.917 bits per heavy atom. The molecule has 2 aromatic heterocycles. The highest BCUT2D eigenvalue weighted by Gasteiger charge is 2.08. The van der Waals surface area contributed by atoms with Crippen molar-refractivity contribution in [3.05, 3.63) is 12.4 Å². The molecule has 0 aromatic carbocycles. The lowest BCUT2D eigenvalue weighted by atomic mass is 10.2. The molecule has 6 nitrogen and oxygen atoms in total. The third-order valence-corrected chi connectivity index (χ3v) is 1.63. The van der Waals surface area contributed by atoms with Gasteiger partial charge in [0.15, 0.2) is 0 Å². The van der Waals surface area contributed by atoms with Gasteiger partial charge in [0.25, 0.3) is 0 Å². The Hall–Kier alpha value is -1.98. The summed E-state index contributed by atoms with van der Waals surface area (Å²) in [5.41, 5.74) is 12.7. The van der Waals surface area contributed by atoms with Crippen molar-refractivity contribution in [1.29, 1.82) is 0 Å². The zero-order valence-corrected chi connectivity index (χ0v) is 6.20. The van der Waals surface area contributed by atoms with Crippen LogP contribution in [-0.4, -0.2) is 20.4 Å². The molecule has 2 rings (SSSR count). The lowest BCUT2D eigenvalue weighted by molar-refractivity contribution is 1.10. The molecule has 0 atom stereocenters. The Morgan fingerprint density at radius 3 is 1.58 bits per heavy atom. The van der Waals surface area contributed by atoms with Crippen LogP contribution in [0.3, 0.4) is 0 Å². The first-order chi connectivity index (χ1) is 5.79. The molecule has 62 valence electrons. The maximum atomic E-state index is 5.59. The molecule has 6 heteroatoms. The zero-order chi connectivity index (χ0) is 8.55. The summed E-state index contributed by atoms with van der Waals surface area (Å²) in [5.74, 6) is 0.978. The molecule has 0 aliphatic carbocycles. The highest BCUT2D eigenvalue weighted by molar-refractivity contribution is 5.79. The molecule has 0 aliphatic heterocycles. The van der Waals surface area contributed by atoms with Crippen LogP contribution in [0.5, 0.6) is 0 Å². The average Bonchev–Trinajstić information content (AvgIpc) is 2.59. The monoisotopic (exact) mass is 164 g/mol. The van der Waals surface area contributed by atoms with Crippen molar-refractivity contribution in [3.63, 3.8) is 0 Å². The normalized spacial score (nSPS) is 10.3. The minimum Gasteiger partial charge on any atom is -0.384 e. The summed E-state index contributed by atoms with van der Waals surface area (Å²) in [6.07, 6.45) is 3.22. The first-order valence-electron chi connectivity index (χ1n) is 3.37. The summed E-state index contributed by atoms with van der Waals surface area (Å²) in [6, 6.07) is 0. The Morgan fingerprint density at radius 2 is 1.33 bits per heavy atom. The van der Waals surface area contributed by atoms with Gasteiger partial charge in [0.2, 0.25) is 0 Å². The van der Waals surface area contributed by atoms with E-state index in [0.717, 1.165) is 11.1 Å². The summed E-state index contributed by atoms with van der Waals surface area (Å²) < 4.78 is 0. The molecule has 0 unspecified atom stereocenters. The van der Waals surface area contributed by atoms with Gasteiger partial charge in [-0.2, -0.15) is 10.2 Å². The van der Waals surface area contributed by atoms with E-state index in [1.54, 1.807) is 12.4 Å². The fourth-order valence-electron chi connectivity index (χ4n) is 1.02. The van der Waals surface area contributed by atoms with Crippen molar-refractivity contribution in [2.75, 3.05) is 11.5 Å². The number of nitrogens with two attached hydrogens (primary N) is 2. The van der Waals surface area contributed by atoms with Gasteiger partial charge in [0.1, 0.15) is 11.6 Å². The fraction of sp³-hybridized carbons (Fsp3) is 0. The number of hydrogen-bond donors (Lipinski definition) is 4. The predicted octanol–water partition coefficient (Wildman–Crippen LogP) is -0.0358. The van der Waals surface area contributed by atoms with Gasteiger partial charge in [-0.05, 0) is 0 Å². The van der Waals surface area contributed by atoms with Crippen molar-refractivity contribution in [2.24, 2.45) is 0 Å². The molecule has 0 aliphatic rings. The number of nitrogen functional groups attached to an aromatic ring is 2. The standard InChI is InChI=1S/C6H8N6/c7-5-3(1-9-11-5)4-2-10-12-6(4)8/h1-2H,(H3,7,9,11)(H3,8,10,12). The third kappa shape index (κ3) is 0.815. The summed E-state index contributed by atoms with van der Waals surface area (Å²) in [5, 5.41) is 12.8. The molecule has 0 bridgehead atoms. The molecule has 0 spiro atoms. The van der Waals surface area contributed by atoms with E-state index in [2.05, 4.69) is 20.4 Å². The minimum atomic E-state index is 0.489. The molecule has 2 aromatic rings. The van der Waals surface area contributed by atoms with Crippen LogP contribution in [0.15, 0.2) is 12.4 Å². The molecular formula is C6H8N6. The summed E-state index contributed by atoms with van der Waals surface area (Å²) in [4.78, 5) is 0. The van der Waals surface area contributed by atoms with Crippen molar-refractivity contribution in [1.82, 2.24) is 20.4 Å². The maximum Gasteiger partial charge on any atom is 0.126 e. The lowest BCUT2D eigenvalue weighted by Crippen LogP contribution is -1.90. The van der Waals surface area contributed by atoms with Crippen molar-refractivity contribution < 1.29 is 0 Å². The van der Waals surface area contributed by atoms with E-state index in [1.807, 2.05) is 0 Å². The van der Waals surface area contributed by atoms with E-state index in [4.69, 9.17) is 11.5 Å². The van der Waals surface area contributed by atoms with E-state index < -0.39 is 0 Å². The SMILES string of the molecule is Nc1[nH]ncc1-c1cn[nH]c1N. The number of nitrogens with one attached hydrogen (secondary N) is 2. The number of H-pyrrole nitrogens is 2. The number of aromatic nitrogens is 4. The zero-order valence-electron chi connectivity index (χ0n) is 6.20. The Labute approximate surface area is 68.0 Å². The van der Waals surface area contributed by atoms with Crippen LogP contribution in [0, 0.1) is 0 Å². The van der Waals surface area contributed by atoms with Gasteiger partial charge in [-0.15, -0.1) is 0 Å². The molecule has 2 heterocycles. The van der Waals surface area contributed by atoms with E-state index in [1.165, 1.54) is 0 Å².